The van der Waals surface area contributed by atoms with E-state index in [4.69, 9.17) is 4.74 Å². The second kappa shape index (κ2) is 6.24. The van der Waals surface area contributed by atoms with E-state index in [1.807, 2.05) is 10.9 Å². The Morgan fingerprint density at radius 3 is 2.65 bits per heavy atom. The minimum absolute atomic E-state index is 0.0107. The minimum atomic E-state index is 0.0107. The molecule has 0 unspecified atom stereocenters. The molecular formula is C15H27N3O2. The lowest BCUT2D eigenvalue weighted by Crippen LogP contribution is -2.49. The molecule has 0 spiro atoms. The van der Waals surface area contributed by atoms with E-state index in [0.29, 0.717) is 0 Å². The molecule has 2 N–H and O–H groups in total. The third kappa shape index (κ3) is 3.81. The van der Waals surface area contributed by atoms with Crippen LogP contribution in [-0.4, -0.2) is 40.2 Å². The number of nitrogens with one attached hydrogen (secondary N) is 1. The van der Waals surface area contributed by atoms with Crippen LogP contribution in [0.4, 0.5) is 0 Å². The highest BCUT2D eigenvalue weighted by atomic mass is 16.5. The molecule has 114 valence electrons. The van der Waals surface area contributed by atoms with Crippen LogP contribution in [-0.2, 0) is 16.8 Å². The summed E-state index contributed by atoms with van der Waals surface area (Å²) in [5.41, 5.74) is 1.21. The van der Waals surface area contributed by atoms with Crippen LogP contribution in [0.1, 0.15) is 45.6 Å². The monoisotopic (exact) mass is 281 g/mol. The van der Waals surface area contributed by atoms with Crippen LogP contribution in [0.2, 0.25) is 0 Å². The van der Waals surface area contributed by atoms with E-state index in [-0.39, 0.29) is 17.7 Å². The lowest BCUT2D eigenvalue weighted by atomic mass is 9.86. The summed E-state index contributed by atoms with van der Waals surface area (Å²) in [6.45, 7) is 8.97. The summed E-state index contributed by atoms with van der Waals surface area (Å²) < 4.78 is 7.43. The van der Waals surface area contributed by atoms with Crippen LogP contribution in [0.15, 0.2) is 12.4 Å². The highest BCUT2D eigenvalue weighted by molar-refractivity contribution is 5.06. The lowest BCUT2D eigenvalue weighted by Gasteiger charge is -2.38. The zero-order valence-electron chi connectivity index (χ0n) is 12.9. The molecule has 1 aliphatic rings. The van der Waals surface area contributed by atoms with Crippen molar-refractivity contribution in [2.45, 2.75) is 57.7 Å². The van der Waals surface area contributed by atoms with Crippen molar-refractivity contribution < 1.29 is 9.84 Å². The fraction of sp³-hybridized carbons (Fsp3) is 0.800. The molecule has 1 aliphatic heterocycles. The molecule has 5 nitrogen and oxygen atoms in total. The standard InChI is InChI=1S/C15H27N3O2/c1-14(2,3)18-12-13(11-17-18)10-16-15(4-7-19)5-8-20-9-6-15/h11-12,16,19H,4-10H2,1-3H3. The highest BCUT2D eigenvalue weighted by Gasteiger charge is 2.31. The van der Waals surface area contributed by atoms with Gasteiger partial charge in [0, 0.05) is 43.7 Å². The van der Waals surface area contributed by atoms with Crippen molar-refractivity contribution in [1.29, 1.82) is 0 Å². The first-order chi connectivity index (χ1) is 9.45. The van der Waals surface area contributed by atoms with Crippen LogP contribution in [0.5, 0.6) is 0 Å². The molecule has 0 aromatic carbocycles. The third-order valence-electron chi connectivity index (χ3n) is 4.03. The molecule has 0 atom stereocenters. The summed E-state index contributed by atoms with van der Waals surface area (Å²) in [5.74, 6) is 0. The Morgan fingerprint density at radius 1 is 1.40 bits per heavy atom. The average molecular weight is 281 g/mol. The minimum Gasteiger partial charge on any atom is -0.396 e. The number of aliphatic hydroxyl groups is 1. The predicted octanol–water partition coefficient (Wildman–Crippen LogP) is 1.66. The van der Waals surface area contributed by atoms with Crippen LogP contribution in [0.25, 0.3) is 0 Å². The maximum atomic E-state index is 9.29. The van der Waals surface area contributed by atoms with Crippen LogP contribution < -0.4 is 5.32 Å². The van der Waals surface area contributed by atoms with Gasteiger partial charge in [0.1, 0.15) is 0 Å². The Balaban J connectivity index is 1.97. The Morgan fingerprint density at radius 2 is 2.10 bits per heavy atom. The van der Waals surface area contributed by atoms with Gasteiger partial charge in [0.25, 0.3) is 0 Å². The number of aliphatic hydroxyl groups excluding tert-OH is 1. The van der Waals surface area contributed by atoms with Crippen molar-refractivity contribution in [3.8, 4) is 0 Å². The van der Waals surface area contributed by atoms with Crippen molar-refractivity contribution >= 4 is 0 Å². The fourth-order valence-corrected chi connectivity index (χ4v) is 2.60. The molecular weight excluding hydrogens is 254 g/mol. The van der Waals surface area contributed by atoms with Gasteiger partial charge < -0.3 is 15.2 Å². The van der Waals surface area contributed by atoms with E-state index in [9.17, 15) is 5.11 Å². The first-order valence-corrected chi connectivity index (χ1v) is 7.43. The number of ether oxygens (including phenoxy) is 1. The molecule has 0 saturated carbocycles. The molecule has 1 saturated heterocycles. The Hall–Kier alpha value is -0.910. The molecule has 20 heavy (non-hydrogen) atoms. The van der Waals surface area contributed by atoms with E-state index in [1.54, 1.807) is 0 Å². The van der Waals surface area contributed by atoms with Crippen LogP contribution in [0.3, 0.4) is 0 Å². The molecule has 0 aliphatic carbocycles. The van der Waals surface area contributed by atoms with Gasteiger partial charge in [0.15, 0.2) is 0 Å². The van der Waals surface area contributed by atoms with E-state index in [0.717, 1.165) is 39.0 Å². The summed E-state index contributed by atoms with van der Waals surface area (Å²) in [7, 11) is 0. The number of rotatable bonds is 5. The van der Waals surface area contributed by atoms with Gasteiger partial charge >= 0.3 is 0 Å². The zero-order chi connectivity index (χ0) is 14.6. The Labute approximate surface area is 121 Å². The van der Waals surface area contributed by atoms with E-state index in [1.165, 1.54) is 5.56 Å². The Kier molecular flexibility index (Phi) is 4.83. The van der Waals surface area contributed by atoms with E-state index in [2.05, 4.69) is 37.4 Å². The summed E-state index contributed by atoms with van der Waals surface area (Å²) in [5, 5.41) is 17.3. The van der Waals surface area contributed by atoms with E-state index < -0.39 is 0 Å². The number of aromatic nitrogens is 2. The van der Waals surface area contributed by atoms with Gasteiger partial charge in [0.05, 0.1) is 11.7 Å². The first kappa shape index (κ1) is 15.5. The van der Waals surface area contributed by atoms with E-state index >= 15 is 0 Å². The molecule has 1 aromatic heterocycles. The number of hydrogen-bond acceptors (Lipinski definition) is 4. The van der Waals surface area contributed by atoms with Gasteiger partial charge in [-0.25, -0.2) is 0 Å². The molecule has 0 radical (unpaired) electrons. The van der Waals surface area contributed by atoms with Gasteiger partial charge in [-0.2, -0.15) is 5.10 Å². The quantitative estimate of drug-likeness (QED) is 0.862. The van der Waals surface area contributed by atoms with Gasteiger partial charge in [0.2, 0.25) is 0 Å². The topological polar surface area (TPSA) is 59.3 Å². The van der Waals surface area contributed by atoms with Crippen molar-refractivity contribution in [2.75, 3.05) is 19.8 Å². The lowest BCUT2D eigenvalue weighted by molar-refractivity contribution is 0.0267. The first-order valence-electron chi connectivity index (χ1n) is 7.43. The summed E-state index contributed by atoms with van der Waals surface area (Å²) >= 11 is 0. The number of nitrogens with zero attached hydrogens (tertiary/aromatic N) is 2. The molecule has 1 fully saturated rings. The maximum Gasteiger partial charge on any atom is 0.0543 e. The van der Waals surface area contributed by atoms with Crippen molar-refractivity contribution in [2.24, 2.45) is 0 Å². The van der Waals surface area contributed by atoms with Crippen molar-refractivity contribution in [3.05, 3.63) is 18.0 Å². The fourth-order valence-electron chi connectivity index (χ4n) is 2.60. The van der Waals surface area contributed by atoms with Crippen molar-refractivity contribution in [3.63, 3.8) is 0 Å². The normalized spacial score (nSPS) is 19.2. The molecule has 1 aromatic rings. The second-order valence-electron chi connectivity index (χ2n) is 6.68. The summed E-state index contributed by atoms with van der Waals surface area (Å²) in [4.78, 5) is 0. The maximum absolute atomic E-state index is 9.29. The van der Waals surface area contributed by atoms with Gasteiger partial charge in [-0.15, -0.1) is 0 Å². The average Bonchev–Trinajstić information content (AvgIpc) is 2.87. The van der Waals surface area contributed by atoms with Gasteiger partial charge in [-0.3, -0.25) is 4.68 Å². The molecule has 0 amide bonds. The molecule has 5 heteroatoms. The smallest absolute Gasteiger partial charge is 0.0543 e. The highest BCUT2D eigenvalue weighted by Crippen LogP contribution is 2.25. The van der Waals surface area contributed by atoms with Gasteiger partial charge in [-0.1, -0.05) is 0 Å². The summed E-state index contributed by atoms with van der Waals surface area (Å²) in [6, 6.07) is 0. The predicted molar refractivity (Wildman–Crippen MR) is 78.5 cm³/mol. The Bertz CT molecular complexity index is 411. The molecule has 2 rings (SSSR count). The van der Waals surface area contributed by atoms with Gasteiger partial charge in [-0.05, 0) is 40.0 Å². The summed E-state index contributed by atoms with van der Waals surface area (Å²) in [6.07, 6.45) is 6.72. The molecule has 2 heterocycles. The van der Waals surface area contributed by atoms with Crippen LogP contribution in [0, 0.1) is 0 Å². The SMILES string of the molecule is CC(C)(C)n1cc(CNC2(CCO)CCOCC2)cn1. The van der Waals surface area contributed by atoms with Crippen LogP contribution >= 0.6 is 0 Å². The number of hydrogen-bond donors (Lipinski definition) is 2. The zero-order valence-corrected chi connectivity index (χ0v) is 12.9. The molecule has 0 bridgehead atoms. The second-order valence-corrected chi connectivity index (χ2v) is 6.68. The van der Waals surface area contributed by atoms with Crippen molar-refractivity contribution in [1.82, 2.24) is 15.1 Å². The largest absolute Gasteiger partial charge is 0.396 e. The third-order valence-corrected chi connectivity index (χ3v) is 4.03.